The third-order valence-corrected chi connectivity index (χ3v) is 5.26. The van der Waals surface area contributed by atoms with E-state index in [0.29, 0.717) is 12.4 Å². The van der Waals surface area contributed by atoms with E-state index >= 15 is 0 Å². The predicted octanol–water partition coefficient (Wildman–Crippen LogP) is 3.41. The Bertz CT molecular complexity index is 652. The van der Waals surface area contributed by atoms with Crippen LogP contribution in [-0.2, 0) is 19.4 Å². The van der Waals surface area contributed by atoms with Gasteiger partial charge in [0.1, 0.15) is 5.76 Å². The highest BCUT2D eigenvalue weighted by atomic mass is 32.1. The molecule has 5 heteroatoms. The summed E-state index contributed by atoms with van der Waals surface area (Å²) < 4.78 is 5.47. The predicted molar refractivity (Wildman–Crippen MR) is 82.7 cm³/mol. The van der Waals surface area contributed by atoms with Crippen molar-refractivity contribution >= 4 is 17.2 Å². The minimum Gasteiger partial charge on any atom is -0.444 e. The molecule has 0 saturated heterocycles. The van der Waals surface area contributed by atoms with Gasteiger partial charge in [-0.15, -0.1) is 11.3 Å². The quantitative estimate of drug-likeness (QED) is 0.945. The van der Waals surface area contributed by atoms with Crippen LogP contribution in [-0.4, -0.2) is 10.9 Å². The van der Waals surface area contributed by atoms with Crippen molar-refractivity contribution in [2.45, 2.75) is 46.6 Å². The van der Waals surface area contributed by atoms with Crippen LogP contribution in [0.2, 0.25) is 0 Å². The van der Waals surface area contributed by atoms with Gasteiger partial charge in [0, 0.05) is 4.88 Å². The number of hydrogen-bond acceptors (Lipinski definition) is 4. The molecule has 0 radical (unpaired) electrons. The van der Waals surface area contributed by atoms with Crippen molar-refractivity contribution in [3.05, 3.63) is 38.7 Å². The number of fused-ring (bicyclic) bond motifs is 1. The average molecular weight is 304 g/mol. The summed E-state index contributed by atoms with van der Waals surface area (Å²) in [6.07, 6.45) is 3.42. The van der Waals surface area contributed by atoms with Gasteiger partial charge in [0.05, 0.1) is 17.1 Å². The zero-order valence-electron chi connectivity index (χ0n) is 12.7. The third-order valence-electron chi connectivity index (χ3n) is 4.03. The Morgan fingerprint density at radius 2 is 2.33 bits per heavy atom. The number of thiophene rings is 1. The number of carbonyl (C=O) groups excluding carboxylic acids is 1. The van der Waals surface area contributed by atoms with Gasteiger partial charge >= 0.3 is 0 Å². The van der Waals surface area contributed by atoms with Crippen LogP contribution in [0.5, 0.6) is 0 Å². The number of hydrogen-bond donors (Lipinski definition) is 1. The minimum absolute atomic E-state index is 0.0319. The summed E-state index contributed by atoms with van der Waals surface area (Å²) in [6, 6.07) is 2.05. The van der Waals surface area contributed by atoms with Crippen molar-refractivity contribution in [3.8, 4) is 0 Å². The van der Waals surface area contributed by atoms with Crippen molar-refractivity contribution < 1.29 is 9.21 Å². The first kappa shape index (κ1) is 14.3. The van der Waals surface area contributed by atoms with E-state index in [1.54, 1.807) is 11.3 Å². The molecular formula is C16H20N2O2S. The van der Waals surface area contributed by atoms with E-state index in [-0.39, 0.29) is 5.91 Å². The molecule has 1 atom stereocenters. The SMILES string of the molecule is Cc1nc(CNC(=O)c2cc3c(s2)CCC(C)C3)oc1C. The smallest absolute Gasteiger partial charge is 0.261 e. The molecule has 0 aromatic carbocycles. The average Bonchev–Trinajstić information content (AvgIpc) is 3.00. The van der Waals surface area contributed by atoms with Crippen molar-refractivity contribution in [1.82, 2.24) is 10.3 Å². The topological polar surface area (TPSA) is 55.1 Å². The van der Waals surface area contributed by atoms with Gasteiger partial charge in [-0.3, -0.25) is 4.79 Å². The van der Waals surface area contributed by atoms with Crippen LogP contribution >= 0.6 is 11.3 Å². The lowest BCUT2D eigenvalue weighted by Gasteiger charge is -2.16. The second kappa shape index (κ2) is 5.64. The van der Waals surface area contributed by atoms with Gasteiger partial charge < -0.3 is 9.73 Å². The fourth-order valence-electron chi connectivity index (χ4n) is 2.68. The zero-order chi connectivity index (χ0) is 15.0. The number of aryl methyl sites for hydroxylation is 3. The van der Waals surface area contributed by atoms with Crippen LogP contribution in [0, 0.1) is 19.8 Å². The molecule has 2 aromatic heterocycles. The Balaban J connectivity index is 1.66. The summed E-state index contributed by atoms with van der Waals surface area (Å²) in [5.74, 6) is 2.06. The number of rotatable bonds is 3. The highest BCUT2D eigenvalue weighted by Gasteiger charge is 2.20. The van der Waals surface area contributed by atoms with E-state index in [4.69, 9.17) is 4.42 Å². The lowest BCUT2D eigenvalue weighted by molar-refractivity contribution is 0.0951. The Morgan fingerprint density at radius 3 is 3.05 bits per heavy atom. The van der Waals surface area contributed by atoms with Crippen molar-refractivity contribution in [2.75, 3.05) is 0 Å². The molecule has 1 aliphatic carbocycles. The first-order chi connectivity index (χ1) is 10.0. The van der Waals surface area contributed by atoms with Crippen LogP contribution in [0.15, 0.2) is 10.5 Å². The number of oxazole rings is 1. The summed E-state index contributed by atoms with van der Waals surface area (Å²) in [5, 5.41) is 2.89. The lowest BCUT2D eigenvalue weighted by atomic mass is 9.90. The van der Waals surface area contributed by atoms with E-state index in [2.05, 4.69) is 23.3 Å². The van der Waals surface area contributed by atoms with E-state index in [1.807, 2.05) is 13.8 Å². The van der Waals surface area contributed by atoms with Crippen LogP contribution in [0.4, 0.5) is 0 Å². The Morgan fingerprint density at radius 1 is 1.52 bits per heavy atom. The third kappa shape index (κ3) is 3.02. The van der Waals surface area contributed by atoms with Crippen LogP contribution in [0.3, 0.4) is 0 Å². The molecule has 1 aliphatic rings. The highest BCUT2D eigenvalue weighted by molar-refractivity contribution is 7.14. The molecule has 4 nitrogen and oxygen atoms in total. The molecule has 3 rings (SSSR count). The zero-order valence-corrected chi connectivity index (χ0v) is 13.5. The monoisotopic (exact) mass is 304 g/mol. The summed E-state index contributed by atoms with van der Waals surface area (Å²) >= 11 is 1.63. The fourth-order valence-corrected chi connectivity index (χ4v) is 3.80. The summed E-state index contributed by atoms with van der Waals surface area (Å²) in [5.41, 5.74) is 2.23. The molecule has 2 aromatic rings. The van der Waals surface area contributed by atoms with E-state index < -0.39 is 0 Å². The van der Waals surface area contributed by atoms with Crippen molar-refractivity contribution in [3.63, 3.8) is 0 Å². The molecule has 1 unspecified atom stereocenters. The van der Waals surface area contributed by atoms with Crippen LogP contribution in [0.1, 0.15) is 50.8 Å². The standard InChI is InChI=1S/C16H20N2O2S/c1-9-4-5-13-12(6-9)7-14(21-13)16(19)17-8-15-18-10(2)11(3)20-15/h7,9H,4-6,8H2,1-3H3,(H,17,19). The first-order valence-electron chi connectivity index (χ1n) is 7.35. The van der Waals surface area contributed by atoms with Gasteiger partial charge in [0.2, 0.25) is 5.89 Å². The number of carbonyl (C=O) groups is 1. The molecular weight excluding hydrogens is 284 g/mol. The summed E-state index contributed by atoms with van der Waals surface area (Å²) in [4.78, 5) is 18.7. The Kier molecular flexibility index (Phi) is 3.85. The minimum atomic E-state index is -0.0319. The number of amides is 1. The molecule has 0 aliphatic heterocycles. The maximum Gasteiger partial charge on any atom is 0.261 e. The van der Waals surface area contributed by atoms with Crippen LogP contribution < -0.4 is 5.32 Å². The van der Waals surface area contributed by atoms with Gasteiger partial charge in [-0.1, -0.05) is 6.92 Å². The van der Waals surface area contributed by atoms with Gasteiger partial charge in [-0.25, -0.2) is 4.98 Å². The Hall–Kier alpha value is -1.62. The molecule has 0 spiro atoms. The molecule has 0 bridgehead atoms. The maximum atomic E-state index is 12.2. The number of aromatic nitrogens is 1. The van der Waals surface area contributed by atoms with Gasteiger partial charge in [-0.2, -0.15) is 0 Å². The van der Waals surface area contributed by atoms with Gasteiger partial charge in [0.15, 0.2) is 0 Å². The first-order valence-corrected chi connectivity index (χ1v) is 8.17. The van der Waals surface area contributed by atoms with E-state index in [1.165, 1.54) is 16.9 Å². The molecule has 112 valence electrons. The fraction of sp³-hybridized carbons (Fsp3) is 0.500. The molecule has 0 fully saturated rings. The normalized spacial score (nSPS) is 17.6. The summed E-state index contributed by atoms with van der Waals surface area (Å²) in [6.45, 7) is 6.39. The lowest BCUT2D eigenvalue weighted by Crippen LogP contribution is -2.22. The number of nitrogens with zero attached hydrogens (tertiary/aromatic N) is 1. The second-order valence-electron chi connectivity index (χ2n) is 5.84. The Labute approximate surface area is 128 Å². The molecule has 21 heavy (non-hydrogen) atoms. The molecule has 1 N–H and O–H groups in total. The summed E-state index contributed by atoms with van der Waals surface area (Å²) in [7, 11) is 0. The van der Waals surface area contributed by atoms with Crippen molar-refractivity contribution in [2.24, 2.45) is 5.92 Å². The number of nitrogens with one attached hydrogen (secondary N) is 1. The maximum absolute atomic E-state index is 12.2. The van der Waals surface area contributed by atoms with Gasteiger partial charge in [-0.05, 0) is 50.7 Å². The second-order valence-corrected chi connectivity index (χ2v) is 6.98. The van der Waals surface area contributed by atoms with Gasteiger partial charge in [0.25, 0.3) is 5.91 Å². The highest BCUT2D eigenvalue weighted by Crippen LogP contribution is 2.32. The van der Waals surface area contributed by atoms with Crippen molar-refractivity contribution in [1.29, 1.82) is 0 Å². The molecule has 1 amide bonds. The molecule has 2 heterocycles. The van der Waals surface area contributed by atoms with Crippen LogP contribution in [0.25, 0.3) is 0 Å². The van der Waals surface area contributed by atoms with E-state index in [0.717, 1.165) is 35.1 Å². The van der Waals surface area contributed by atoms with E-state index in [9.17, 15) is 4.79 Å². The molecule has 0 saturated carbocycles. The largest absolute Gasteiger partial charge is 0.444 e.